The van der Waals surface area contributed by atoms with Crippen LogP contribution in [0.3, 0.4) is 0 Å². The zero-order valence-corrected chi connectivity index (χ0v) is 15.8. The summed E-state index contributed by atoms with van der Waals surface area (Å²) in [5, 5.41) is 1.67. The van der Waals surface area contributed by atoms with Crippen molar-refractivity contribution in [2.24, 2.45) is 7.05 Å². The molecule has 6 nitrogen and oxygen atoms in total. The highest BCUT2D eigenvalue weighted by atomic mass is 35.5. The number of hydrogen-bond donors (Lipinski definition) is 1. The van der Waals surface area contributed by atoms with E-state index in [2.05, 4.69) is 23.8 Å². The number of nitrogens with zero attached hydrogens (tertiary/aromatic N) is 3. The molecule has 1 N–H and O–H groups in total. The van der Waals surface area contributed by atoms with Crippen LogP contribution in [-0.2, 0) is 13.6 Å². The zero-order chi connectivity index (χ0) is 18.1. The standard InChI is InChI=1S/C17H19ClN4O2S/c1-4-10(2)25-17-19-14-13(15(23)20-16(24)21(14)3)22(17)9-11-7-5-6-8-12(11)18/h5-8,10H,4,9H2,1-3H3,(H,20,23,24)/t10-/m1/s1. The predicted molar refractivity (Wildman–Crippen MR) is 102 cm³/mol. The molecule has 0 bridgehead atoms. The van der Waals surface area contributed by atoms with E-state index in [1.54, 1.807) is 18.8 Å². The fraction of sp³-hybridized carbons (Fsp3) is 0.353. The minimum Gasteiger partial charge on any atom is -0.309 e. The van der Waals surface area contributed by atoms with E-state index in [0.717, 1.165) is 12.0 Å². The first-order valence-electron chi connectivity index (χ1n) is 8.02. The highest BCUT2D eigenvalue weighted by Crippen LogP contribution is 2.28. The van der Waals surface area contributed by atoms with Crippen molar-refractivity contribution in [3.63, 3.8) is 0 Å². The van der Waals surface area contributed by atoms with E-state index in [-0.39, 0.29) is 0 Å². The highest BCUT2D eigenvalue weighted by Gasteiger charge is 2.19. The minimum atomic E-state index is -0.472. The molecule has 8 heteroatoms. The molecule has 25 heavy (non-hydrogen) atoms. The third-order valence-electron chi connectivity index (χ3n) is 4.14. The average molecular weight is 379 g/mol. The summed E-state index contributed by atoms with van der Waals surface area (Å²) in [5.41, 5.74) is 0.746. The molecule has 2 aromatic heterocycles. The quantitative estimate of drug-likeness (QED) is 0.692. The third kappa shape index (κ3) is 3.39. The SMILES string of the molecule is CC[C@@H](C)Sc1nc2c(c(=O)[nH]c(=O)n2C)n1Cc1ccccc1Cl. The van der Waals surface area contributed by atoms with Gasteiger partial charge in [0.05, 0.1) is 6.54 Å². The smallest absolute Gasteiger partial charge is 0.309 e. The summed E-state index contributed by atoms with van der Waals surface area (Å²) in [5.74, 6) is 0. The fourth-order valence-corrected chi connectivity index (χ4v) is 3.66. The van der Waals surface area contributed by atoms with Crippen LogP contribution in [-0.4, -0.2) is 24.4 Å². The number of benzene rings is 1. The first kappa shape index (κ1) is 17.8. The number of aryl methyl sites for hydroxylation is 1. The second-order valence-electron chi connectivity index (χ2n) is 5.90. The number of fused-ring (bicyclic) bond motifs is 1. The van der Waals surface area contributed by atoms with Gasteiger partial charge in [-0.1, -0.05) is 55.4 Å². The summed E-state index contributed by atoms with van der Waals surface area (Å²) in [4.78, 5) is 31.3. The van der Waals surface area contributed by atoms with Crippen LogP contribution in [0.1, 0.15) is 25.8 Å². The van der Waals surface area contributed by atoms with Gasteiger partial charge in [-0.05, 0) is 18.1 Å². The molecule has 0 aliphatic rings. The molecule has 0 aliphatic carbocycles. The van der Waals surface area contributed by atoms with Crippen LogP contribution in [0.2, 0.25) is 5.02 Å². The fourth-order valence-electron chi connectivity index (χ4n) is 2.51. The molecular weight excluding hydrogens is 360 g/mol. The van der Waals surface area contributed by atoms with Crippen molar-refractivity contribution in [1.82, 2.24) is 19.1 Å². The van der Waals surface area contributed by atoms with Crippen molar-refractivity contribution >= 4 is 34.5 Å². The highest BCUT2D eigenvalue weighted by molar-refractivity contribution is 7.99. The topological polar surface area (TPSA) is 72.7 Å². The summed E-state index contributed by atoms with van der Waals surface area (Å²) in [7, 11) is 1.60. The van der Waals surface area contributed by atoms with Crippen molar-refractivity contribution < 1.29 is 0 Å². The number of nitrogens with one attached hydrogen (secondary N) is 1. The molecule has 2 heterocycles. The van der Waals surface area contributed by atoms with Gasteiger partial charge in [0.2, 0.25) is 0 Å². The van der Waals surface area contributed by atoms with Gasteiger partial charge in [0.1, 0.15) is 0 Å². The molecule has 0 fully saturated rings. The number of aromatic nitrogens is 4. The van der Waals surface area contributed by atoms with Gasteiger partial charge >= 0.3 is 5.69 Å². The lowest BCUT2D eigenvalue weighted by Crippen LogP contribution is -2.29. The van der Waals surface area contributed by atoms with Crippen LogP contribution in [0.15, 0.2) is 39.0 Å². The van der Waals surface area contributed by atoms with Crippen LogP contribution in [0.5, 0.6) is 0 Å². The van der Waals surface area contributed by atoms with Gasteiger partial charge < -0.3 is 4.57 Å². The Morgan fingerprint density at radius 2 is 2.04 bits per heavy atom. The number of rotatable bonds is 5. The van der Waals surface area contributed by atoms with Gasteiger partial charge in [0, 0.05) is 17.3 Å². The van der Waals surface area contributed by atoms with Gasteiger partial charge in [-0.3, -0.25) is 14.3 Å². The number of hydrogen-bond acceptors (Lipinski definition) is 4. The van der Waals surface area contributed by atoms with E-state index in [0.29, 0.717) is 33.1 Å². The molecule has 3 aromatic rings. The number of imidazole rings is 1. The molecule has 1 aromatic carbocycles. The van der Waals surface area contributed by atoms with Crippen molar-refractivity contribution in [3.05, 3.63) is 55.7 Å². The second kappa shape index (κ2) is 7.09. The average Bonchev–Trinajstić information content (AvgIpc) is 2.93. The number of halogens is 1. The Morgan fingerprint density at radius 3 is 2.72 bits per heavy atom. The third-order valence-corrected chi connectivity index (χ3v) is 5.77. The molecular formula is C17H19ClN4O2S. The Morgan fingerprint density at radius 1 is 1.32 bits per heavy atom. The lowest BCUT2D eigenvalue weighted by molar-refractivity contribution is 0.724. The lowest BCUT2D eigenvalue weighted by atomic mass is 10.2. The second-order valence-corrected chi connectivity index (χ2v) is 7.71. The van der Waals surface area contributed by atoms with Crippen molar-refractivity contribution in [2.75, 3.05) is 0 Å². The van der Waals surface area contributed by atoms with Crippen LogP contribution < -0.4 is 11.2 Å². The molecule has 3 rings (SSSR count). The van der Waals surface area contributed by atoms with Crippen LogP contribution in [0.25, 0.3) is 11.2 Å². The Bertz CT molecular complexity index is 1040. The van der Waals surface area contributed by atoms with E-state index in [9.17, 15) is 9.59 Å². The molecule has 0 saturated carbocycles. The summed E-state index contributed by atoms with van der Waals surface area (Å²) in [6.07, 6.45) is 0.968. The summed E-state index contributed by atoms with van der Waals surface area (Å²) >= 11 is 7.88. The zero-order valence-electron chi connectivity index (χ0n) is 14.2. The normalized spacial score (nSPS) is 12.6. The van der Waals surface area contributed by atoms with E-state index >= 15 is 0 Å². The van der Waals surface area contributed by atoms with Gasteiger partial charge in [0.25, 0.3) is 5.56 Å². The summed E-state index contributed by atoms with van der Waals surface area (Å²) < 4.78 is 3.20. The van der Waals surface area contributed by atoms with Gasteiger partial charge in [-0.2, -0.15) is 0 Å². The maximum Gasteiger partial charge on any atom is 0.329 e. The maximum atomic E-state index is 12.4. The van der Waals surface area contributed by atoms with E-state index in [4.69, 9.17) is 11.6 Å². The van der Waals surface area contributed by atoms with Crippen molar-refractivity contribution in [2.45, 2.75) is 37.2 Å². The predicted octanol–water partition coefficient (Wildman–Crippen LogP) is 3.02. The molecule has 0 spiro atoms. The van der Waals surface area contributed by atoms with E-state index in [1.165, 1.54) is 4.57 Å². The molecule has 0 amide bonds. The summed E-state index contributed by atoms with van der Waals surface area (Å²) in [6, 6.07) is 7.50. The molecule has 0 saturated heterocycles. The Labute approximate surface area is 153 Å². The lowest BCUT2D eigenvalue weighted by Gasteiger charge is -2.12. The number of aromatic amines is 1. The molecule has 0 unspecified atom stereocenters. The molecule has 132 valence electrons. The van der Waals surface area contributed by atoms with E-state index < -0.39 is 11.2 Å². The van der Waals surface area contributed by atoms with Gasteiger partial charge in [-0.25, -0.2) is 9.78 Å². The van der Waals surface area contributed by atoms with Crippen LogP contribution >= 0.6 is 23.4 Å². The van der Waals surface area contributed by atoms with Crippen molar-refractivity contribution in [1.29, 1.82) is 0 Å². The Balaban J connectivity index is 2.24. The van der Waals surface area contributed by atoms with Crippen LogP contribution in [0.4, 0.5) is 0 Å². The maximum absolute atomic E-state index is 12.4. The number of thioether (sulfide) groups is 1. The number of H-pyrrole nitrogens is 1. The van der Waals surface area contributed by atoms with Crippen molar-refractivity contribution in [3.8, 4) is 0 Å². The molecule has 0 radical (unpaired) electrons. The van der Waals surface area contributed by atoms with Gasteiger partial charge in [0.15, 0.2) is 16.3 Å². The van der Waals surface area contributed by atoms with Crippen LogP contribution in [0, 0.1) is 0 Å². The first-order chi connectivity index (χ1) is 11.9. The first-order valence-corrected chi connectivity index (χ1v) is 9.27. The summed E-state index contributed by atoms with van der Waals surface area (Å²) in [6.45, 7) is 4.62. The largest absolute Gasteiger partial charge is 0.329 e. The molecule has 0 aliphatic heterocycles. The monoisotopic (exact) mass is 378 g/mol. The Kier molecular flexibility index (Phi) is 5.06. The molecule has 1 atom stereocenters. The van der Waals surface area contributed by atoms with E-state index in [1.807, 2.05) is 28.8 Å². The Hall–Kier alpha value is -1.99. The minimum absolute atomic E-state index is 0.331. The van der Waals surface area contributed by atoms with Gasteiger partial charge in [-0.15, -0.1) is 0 Å².